The van der Waals surface area contributed by atoms with Crippen LogP contribution in [0.3, 0.4) is 0 Å². The number of nitrogens with zero attached hydrogens (tertiary/aromatic N) is 3. The topological polar surface area (TPSA) is 350 Å². The van der Waals surface area contributed by atoms with Gasteiger partial charge in [-0.3, -0.25) is 56.6 Å². The van der Waals surface area contributed by atoms with Gasteiger partial charge in [0.25, 0.3) is 17.4 Å². The molecule has 2 aromatic carbocycles. The Balaban J connectivity index is 1.30. The molecule has 0 aliphatic carbocycles. The molecular weight excluding hydrogens is 900 g/mol. The van der Waals surface area contributed by atoms with Crippen LogP contribution in [0.4, 0.5) is 16.4 Å². The van der Waals surface area contributed by atoms with E-state index in [1.165, 1.54) is 42.6 Å². The highest BCUT2D eigenvalue weighted by Gasteiger charge is 2.34. The molecule has 0 bridgehead atoms. The highest BCUT2D eigenvalue weighted by Crippen LogP contribution is 2.52. The summed E-state index contributed by atoms with van der Waals surface area (Å²) in [6.45, 7) is 5.17. The van der Waals surface area contributed by atoms with Gasteiger partial charge in [0.2, 0.25) is 11.9 Å². The number of aliphatic carboxylic acids is 1. The van der Waals surface area contributed by atoms with Gasteiger partial charge in [-0.2, -0.15) is 4.98 Å². The zero-order valence-electron chi connectivity index (χ0n) is 35.6. The summed E-state index contributed by atoms with van der Waals surface area (Å²) in [5.74, 6) is -4.39. The zero-order valence-corrected chi connectivity index (χ0v) is 37.4. The maximum Gasteiger partial charge on any atom is 0.475 e. The summed E-state index contributed by atoms with van der Waals surface area (Å²) in [6, 6.07) is 9.86. The van der Waals surface area contributed by atoms with Crippen molar-refractivity contribution in [3.8, 4) is 5.75 Å². The molecule has 352 valence electrons. The normalized spacial score (nSPS) is 12.5. The molecule has 4 amide bonds. The summed E-state index contributed by atoms with van der Waals surface area (Å²) in [7, 11) is -8.28. The molecule has 4 rings (SSSR count). The van der Waals surface area contributed by atoms with Gasteiger partial charge in [-0.1, -0.05) is 12.1 Å². The number of carbonyl (C=O) groups is 5. The Kier molecular flexibility index (Phi) is 19.6. The van der Waals surface area contributed by atoms with Gasteiger partial charge in [-0.25, -0.2) is 28.7 Å². The van der Waals surface area contributed by atoms with E-state index in [1.54, 1.807) is 39.8 Å². The number of phosphoric acid groups is 2. The largest absolute Gasteiger partial charge is 0.480 e. The molecule has 1 unspecified atom stereocenters. The number of hydrogen-bond acceptors (Lipinski definition) is 20. The Morgan fingerprint density at radius 3 is 2.14 bits per heavy atom. The average molecular weight is 950 g/mol. The number of rotatable bonds is 26. The number of carboxylic acids is 1. The van der Waals surface area contributed by atoms with Gasteiger partial charge in [-0.15, -0.1) is 0 Å². The van der Waals surface area contributed by atoms with Crippen LogP contribution in [-0.2, 0) is 52.4 Å². The number of amides is 4. The molecule has 2 heterocycles. The van der Waals surface area contributed by atoms with Gasteiger partial charge in [0, 0.05) is 24.2 Å². The number of imide groups is 1. The molecule has 65 heavy (non-hydrogen) atoms. The van der Waals surface area contributed by atoms with E-state index in [0.717, 1.165) is 0 Å². The van der Waals surface area contributed by atoms with Crippen molar-refractivity contribution in [2.75, 3.05) is 50.6 Å². The van der Waals surface area contributed by atoms with Crippen LogP contribution in [0.1, 0.15) is 66.9 Å². The predicted molar refractivity (Wildman–Crippen MR) is 230 cm³/mol. The summed E-state index contributed by atoms with van der Waals surface area (Å²) in [5.41, 5.74) is 5.95. The second-order valence-electron chi connectivity index (χ2n) is 13.1. The minimum Gasteiger partial charge on any atom is -0.480 e. The van der Waals surface area contributed by atoms with Crippen molar-refractivity contribution >= 4 is 68.2 Å². The Labute approximate surface area is 371 Å². The zero-order chi connectivity index (χ0) is 47.6. The number of nitrogens with two attached hydrogens (primary N) is 1. The highest BCUT2D eigenvalue weighted by atomic mass is 31.2. The number of carboxylic acid groups (broad SMARTS) is 1. The van der Waals surface area contributed by atoms with Crippen LogP contribution in [0.2, 0.25) is 0 Å². The predicted octanol–water partition coefficient (Wildman–Crippen LogP) is 3.68. The van der Waals surface area contributed by atoms with E-state index in [0.29, 0.717) is 11.4 Å². The molecule has 0 aliphatic heterocycles. The number of phosphoric ester groups is 2. The molecule has 2 aromatic heterocycles. The van der Waals surface area contributed by atoms with Gasteiger partial charge in [0.15, 0.2) is 11.2 Å². The molecular formula is C38H49N9O16P2. The number of carbonyl (C=O) groups excluding carboxylic acids is 4. The molecule has 0 fully saturated rings. The molecule has 0 aliphatic rings. The number of hydrogen-bond donors (Lipinski definition) is 7. The Bertz CT molecular complexity index is 2440. The van der Waals surface area contributed by atoms with Crippen LogP contribution < -0.4 is 37.3 Å². The Hall–Kier alpha value is -6.17. The van der Waals surface area contributed by atoms with E-state index < -0.39 is 89.1 Å². The van der Waals surface area contributed by atoms with Gasteiger partial charge in [0.1, 0.15) is 17.9 Å². The molecule has 0 saturated carbocycles. The molecule has 0 saturated heterocycles. The number of nitrogens with one attached hydrogen (secondary N) is 5. The highest BCUT2D eigenvalue weighted by molar-refractivity contribution is 7.48. The fourth-order valence-electron chi connectivity index (χ4n) is 5.44. The summed E-state index contributed by atoms with van der Waals surface area (Å²) in [4.78, 5) is 90.5. The maximum absolute atomic E-state index is 13.3. The third-order valence-electron chi connectivity index (χ3n) is 8.28. The monoisotopic (exact) mass is 949 g/mol. The number of para-hydroxylation sites is 1. The standard InChI is InChI=1S/C38H49N9O16P2/c1-5-57-64(55,58-6-2)61-22-26(63-65(56,59-7-3)60-8-4)21-42-34(50)27-11-9-10-12-29(27)62-38(54)45-30(48)18-17-28(36(52)53)44-33(49)23-13-15-24(16-14-23)40-19-25-20-41-32-31(43-25)35(51)47-37(39)46-32/h9-16,20,26,28,40H,5-8,17-19,21-22H2,1-4H3,(H,42,50)(H,44,49)(H,52,53)(H,45,48,54)(H3,39,41,46,47,51)/t26?,28-/m1/s1. The van der Waals surface area contributed by atoms with E-state index in [2.05, 4.69) is 35.9 Å². The molecule has 0 spiro atoms. The summed E-state index contributed by atoms with van der Waals surface area (Å²) in [5, 5.41) is 19.6. The van der Waals surface area contributed by atoms with Crippen molar-refractivity contribution in [2.24, 2.45) is 0 Å². The summed E-state index contributed by atoms with van der Waals surface area (Å²) >= 11 is 0. The number of fused-ring (bicyclic) bond motifs is 1. The number of nitrogen functional groups attached to an aromatic ring is 1. The Morgan fingerprint density at radius 1 is 0.846 bits per heavy atom. The van der Waals surface area contributed by atoms with Crippen molar-refractivity contribution in [1.29, 1.82) is 0 Å². The Morgan fingerprint density at radius 2 is 1.49 bits per heavy atom. The van der Waals surface area contributed by atoms with Crippen molar-refractivity contribution in [3.63, 3.8) is 0 Å². The SMILES string of the molecule is CCOP(=O)(OCC)OCC(CNC(=O)c1ccccc1OC(=O)NC(=O)CC[C@@H](NC(=O)c1ccc(NCc2cnc3nc(N)[nH]c(=O)c3n2)cc1)C(=O)O)OP(=O)(OCC)OCC. The molecule has 8 N–H and O–H groups in total. The fourth-order valence-corrected chi connectivity index (χ4v) is 7.97. The second kappa shape index (κ2) is 24.8. The van der Waals surface area contributed by atoms with Crippen LogP contribution in [-0.4, -0.2) is 107 Å². The van der Waals surface area contributed by atoms with Gasteiger partial charge < -0.3 is 31.5 Å². The first-order valence-corrected chi connectivity index (χ1v) is 22.8. The minimum atomic E-state index is -4.20. The van der Waals surface area contributed by atoms with E-state index in [1.807, 2.05) is 5.32 Å². The van der Waals surface area contributed by atoms with Crippen LogP contribution >= 0.6 is 15.6 Å². The van der Waals surface area contributed by atoms with Crippen molar-refractivity contribution in [2.45, 2.75) is 59.2 Å². The maximum atomic E-state index is 13.3. The first kappa shape index (κ1) is 51.5. The molecule has 0 radical (unpaired) electrons. The molecule has 27 heteroatoms. The van der Waals surface area contributed by atoms with Crippen molar-refractivity contribution in [1.82, 2.24) is 35.9 Å². The summed E-state index contributed by atoms with van der Waals surface area (Å²) in [6.07, 6.45) is -2.17. The third kappa shape index (κ3) is 16.1. The lowest BCUT2D eigenvalue weighted by atomic mass is 10.1. The van der Waals surface area contributed by atoms with Gasteiger partial charge in [-0.05, 0) is 70.5 Å². The molecule has 2 atom stereocenters. The lowest BCUT2D eigenvalue weighted by molar-refractivity contribution is -0.139. The molecule has 4 aromatic rings. The van der Waals surface area contributed by atoms with Crippen molar-refractivity contribution < 1.29 is 70.1 Å². The van der Waals surface area contributed by atoms with Crippen molar-refractivity contribution in [3.05, 3.63) is 81.9 Å². The molecule has 25 nitrogen and oxygen atoms in total. The van der Waals surface area contributed by atoms with Crippen LogP contribution in [0.5, 0.6) is 5.75 Å². The third-order valence-corrected chi connectivity index (χ3v) is 11.6. The van der Waals surface area contributed by atoms with E-state index >= 15 is 0 Å². The first-order chi connectivity index (χ1) is 31.0. The van der Waals surface area contributed by atoms with Crippen LogP contribution in [0, 0.1) is 0 Å². The number of anilines is 2. The number of aromatic amines is 1. The van der Waals surface area contributed by atoms with Gasteiger partial charge >= 0.3 is 27.7 Å². The minimum absolute atomic E-state index is 0.00606. The van der Waals surface area contributed by atoms with Crippen LogP contribution in [0.25, 0.3) is 11.2 Å². The second-order valence-corrected chi connectivity index (χ2v) is 16.3. The lowest BCUT2D eigenvalue weighted by Gasteiger charge is -2.25. The van der Waals surface area contributed by atoms with E-state index in [9.17, 15) is 43.0 Å². The number of H-pyrrole nitrogens is 1. The number of ether oxygens (including phenoxy) is 1. The van der Waals surface area contributed by atoms with Gasteiger partial charge in [0.05, 0.1) is 57.0 Å². The van der Waals surface area contributed by atoms with E-state index in [-0.39, 0.29) is 67.0 Å². The lowest BCUT2D eigenvalue weighted by Crippen LogP contribution is -2.42. The quantitative estimate of drug-likeness (QED) is 0.0441. The number of aromatic nitrogens is 4. The summed E-state index contributed by atoms with van der Waals surface area (Å²) < 4.78 is 62.9. The number of benzene rings is 2. The van der Waals surface area contributed by atoms with Crippen LogP contribution in [0.15, 0.2) is 59.5 Å². The first-order valence-electron chi connectivity index (χ1n) is 19.9. The average Bonchev–Trinajstić information content (AvgIpc) is 3.25. The fraction of sp³-hybridized carbons (Fsp3) is 0.395. The smallest absolute Gasteiger partial charge is 0.475 e. The van der Waals surface area contributed by atoms with E-state index in [4.69, 9.17) is 37.6 Å².